The highest BCUT2D eigenvalue weighted by molar-refractivity contribution is 7.85. The molecule has 2 unspecified atom stereocenters. The van der Waals surface area contributed by atoms with Crippen LogP contribution in [-0.2, 0) is 38.7 Å². The van der Waals surface area contributed by atoms with Gasteiger partial charge in [-0.15, -0.1) is 0 Å². The molecule has 0 aliphatic carbocycles. The largest absolute Gasteiger partial charge is 0.462 e. The van der Waals surface area contributed by atoms with Crippen molar-refractivity contribution in [2.75, 3.05) is 19.0 Å². The first-order chi connectivity index (χ1) is 29.5. The van der Waals surface area contributed by atoms with E-state index in [0.717, 1.165) is 70.6 Å². The molecule has 0 amide bonds. The van der Waals surface area contributed by atoms with E-state index < -0.39 is 71.2 Å². The van der Waals surface area contributed by atoms with Gasteiger partial charge >= 0.3 is 11.9 Å². The molecule has 0 aromatic rings. The summed E-state index contributed by atoms with van der Waals surface area (Å²) in [6, 6.07) is 0. The molecule has 0 aromatic carbocycles. The second kappa shape index (κ2) is 37.9. The lowest BCUT2D eigenvalue weighted by Crippen LogP contribution is -2.60. The van der Waals surface area contributed by atoms with Crippen molar-refractivity contribution >= 4 is 22.1 Å². The summed E-state index contributed by atoms with van der Waals surface area (Å²) in [4.78, 5) is 25.4. The number of ether oxygens (including phenoxy) is 4. The fourth-order valence-electron chi connectivity index (χ4n) is 6.76. The maximum atomic E-state index is 12.8. The second-order valence-corrected chi connectivity index (χ2v) is 17.5. The molecule has 0 radical (unpaired) electrons. The van der Waals surface area contributed by atoms with Crippen LogP contribution in [0.25, 0.3) is 0 Å². The van der Waals surface area contributed by atoms with Crippen molar-refractivity contribution in [1.29, 1.82) is 0 Å². The summed E-state index contributed by atoms with van der Waals surface area (Å²) in [5, 5.41) is 30.9. The van der Waals surface area contributed by atoms with Crippen LogP contribution in [0.2, 0.25) is 0 Å². The third-order valence-corrected chi connectivity index (χ3v) is 11.1. The summed E-state index contributed by atoms with van der Waals surface area (Å²) in [7, 11) is -4.61. The van der Waals surface area contributed by atoms with Gasteiger partial charge in [0.15, 0.2) is 12.4 Å². The van der Waals surface area contributed by atoms with Crippen LogP contribution in [-0.4, -0.2) is 96.0 Å². The first kappa shape index (κ1) is 56.4. The van der Waals surface area contributed by atoms with E-state index in [2.05, 4.69) is 74.6 Å². The third-order valence-electron chi connectivity index (χ3n) is 10.4. The zero-order valence-electron chi connectivity index (χ0n) is 37.5. The number of aliphatic hydroxyl groups excluding tert-OH is 3. The van der Waals surface area contributed by atoms with E-state index in [0.29, 0.717) is 12.8 Å². The lowest BCUT2D eigenvalue weighted by Gasteiger charge is -2.40. The topological polar surface area (TPSA) is 186 Å². The molecule has 1 aliphatic rings. The van der Waals surface area contributed by atoms with Gasteiger partial charge in [0.2, 0.25) is 0 Å². The van der Waals surface area contributed by atoms with E-state index in [9.17, 15) is 37.9 Å². The van der Waals surface area contributed by atoms with Crippen molar-refractivity contribution in [3.05, 3.63) is 60.8 Å². The average molecular weight is 883 g/mol. The van der Waals surface area contributed by atoms with Crippen molar-refractivity contribution in [2.45, 2.75) is 211 Å². The summed E-state index contributed by atoms with van der Waals surface area (Å²) >= 11 is 0. The highest BCUT2D eigenvalue weighted by atomic mass is 32.2. The lowest BCUT2D eigenvalue weighted by molar-refractivity contribution is -0.297. The van der Waals surface area contributed by atoms with Crippen molar-refractivity contribution in [2.24, 2.45) is 0 Å². The van der Waals surface area contributed by atoms with E-state index in [-0.39, 0.29) is 19.4 Å². The fourth-order valence-corrected chi connectivity index (χ4v) is 7.45. The average Bonchev–Trinajstić information content (AvgIpc) is 3.22. The number of hydrogen-bond donors (Lipinski definition) is 4. The summed E-state index contributed by atoms with van der Waals surface area (Å²) in [6.45, 7) is 3.62. The predicted octanol–water partition coefficient (Wildman–Crippen LogP) is 9.73. The van der Waals surface area contributed by atoms with E-state index in [4.69, 9.17) is 18.9 Å². The number of esters is 2. The number of carbonyl (C=O) groups is 2. The molecule has 1 heterocycles. The molecule has 13 heteroatoms. The van der Waals surface area contributed by atoms with Gasteiger partial charge in [0.25, 0.3) is 10.1 Å². The van der Waals surface area contributed by atoms with Crippen LogP contribution in [0.5, 0.6) is 0 Å². The van der Waals surface area contributed by atoms with Crippen molar-refractivity contribution in [3.63, 3.8) is 0 Å². The van der Waals surface area contributed by atoms with Crippen LogP contribution in [0.15, 0.2) is 60.8 Å². The lowest BCUT2D eigenvalue weighted by atomic mass is 10.00. The molecule has 4 N–H and O–H groups in total. The predicted molar refractivity (Wildman–Crippen MR) is 242 cm³/mol. The van der Waals surface area contributed by atoms with Gasteiger partial charge in [-0.1, -0.05) is 164 Å². The molecule has 12 nitrogen and oxygen atoms in total. The highest BCUT2D eigenvalue weighted by Crippen LogP contribution is 2.24. The number of rotatable bonds is 38. The van der Waals surface area contributed by atoms with Crippen LogP contribution in [0.3, 0.4) is 0 Å². The molecule has 0 aromatic heterocycles. The number of unbranched alkanes of at least 4 members (excludes halogenated alkanes) is 16. The Hall–Kier alpha value is -2.65. The molecule has 0 bridgehead atoms. The highest BCUT2D eigenvalue weighted by Gasteiger charge is 2.46. The molecule has 1 rings (SSSR count). The van der Waals surface area contributed by atoms with Gasteiger partial charge < -0.3 is 34.3 Å². The first-order valence-corrected chi connectivity index (χ1v) is 25.0. The molecular formula is C48H82O12S. The van der Waals surface area contributed by atoms with Crippen LogP contribution < -0.4 is 0 Å². The number of hydrogen-bond acceptors (Lipinski definition) is 11. The Morgan fingerprint density at radius 2 is 1.03 bits per heavy atom. The standard InChI is InChI=1S/C48H82O12S/c1-3-5-7-9-11-13-15-17-19-20-21-22-23-25-27-29-31-33-35-37-44(50)59-41(39-58-48-47(53)46(52)45(51)42(60-48)40-61(54,55)56)38-57-43(49)36-34-32-30-28-26-24-18-16-14-12-10-8-6-4-2/h5,7,11,13,17,19,21-22,25,27,41-42,45-48,51-53H,3-4,6,8-10,12,14-16,18,20,23-24,26,28-40H2,1-2H3,(H,54,55,56)/b7-5+,13-11+,19-17+,22-21+,27-25+/t41-,42-,45-,46?,47?,48+/m1/s1. The summed E-state index contributed by atoms with van der Waals surface area (Å²) in [5.74, 6) is -2.03. The Bertz CT molecular complexity index is 1360. The van der Waals surface area contributed by atoms with Crippen molar-refractivity contribution < 1.29 is 56.8 Å². The number of aliphatic hydroxyl groups is 3. The normalized spacial score (nSPS) is 20.5. The molecule has 0 spiro atoms. The Labute approximate surface area is 368 Å². The molecule has 1 aliphatic heterocycles. The van der Waals surface area contributed by atoms with Crippen LogP contribution in [0.4, 0.5) is 0 Å². The quantitative estimate of drug-likeness (QED) is 0.0199. The minimum Gasteiger partial charge on any atom is -0.462 e. The minimum atomic E-state index is -4.61. The Kier molecular flexibility index (Phi) is 35.0. The Balaban J connectivity index is 2.46. The molecule has 0 saturated carbocycles. The minimum absolute atomic E-state index is 0.124. The summed E-state index contributed by atoms with van der Waals surface area (Å²) in [6.07, 6.45) is 36.9. The Morgan fingerprint density at radius 3 is 1.54 bits per heavy atom. The van der Waals surface area contributed by atoms with Gasteiger partial charge in [0, 0.05) is 12.8 Å². The maximum Gasteiger partial charge on any atom is 0.306 e. The number of allylic oxidation sites excluding steroid dienone is 10. The zero-order chi connectivity index (χ0) is 44.8. The van der Waals surface area contributed by atoms with Gasteiger partial charge in [-0.25, -0.2) is 0 Å². The Morgan fingerprint density at radius 1 is 0.574 bits per heavy atom. The monoisotopic (exact) mass is 883 g/mol. The molecule has 352 valence electrons. The van der Waals surface area contributed by atoms with E-state index in [1.807, 2.05) is 0 Å². The SMILES string of the molecule is CC/C=C/C/C=C/C/C=C/C/C=C/C/C=C/CCCCCC(=O)O[C@H](COC(=O)CCCCCCCCCCCCCCCC)CO[C@H]1O[C@H](CS(=O)(=O)O)[C@@H](O)C(O)C1O. The van der Waals surface area contributed by atoms with E-state index in [1.165, 1.54) is 64.2 Å². The van der Waals surface area contributed by atoms with Gasteiger partial charge in [-0.05, 0) is 57.8 Å². The molecule has 1 saturated heterocycles. The maximum absolute atomic E-state index is 12.8. The van der Waals surface area contributed by atoms with Gasteiger partial charge in [0.1, 0.15) is 36.8 Å². The smallest absolute Gasteiger partial charge is 0.306 e. The fraction of sp³-hybridized carbons (Fsp3) is 0.750. The van der Waals surface area contributed by atoms with Gasteiger partial charge in [-0.3, -0.25) is 14.1 Å². The third kappa shape index (κ3) is 32.7. The second-order valence-electron chi connectivity index (χ2n) is 16.0. The molecule has 61 heavy (non-hydrogen) atoms. The van der Waals surface area contributed by atoms with Gasteiger partial charge in [0.05, 0.1) is 6.61 Å². The van der Waals surface area contributed by atoms with Crippen LogP contribution in [0, 0.1) is 0 Å². The zero-order valence-corrected chi connectivity index (χ0v) is 38.3. The first-order valence-electron chi connectivity index (χ1n) is 23.3. The van der Waals surface area contributed by atoms with Crippen LogP contribution in [0.1, 0.15) is 174 Å². The van der Waals surface area contributed by atoms with Crippen LogP contribution >= 0.6 is 0 Å². The molecule has 1 fully saturated rings. The molecule has 6 atom stereocenters. The molecular weight excluding hydrogens is 801 g/mol. The van der Waals surface area contributed by atoms with Crippen molar-refractivity contribution in [3.8, 4) is 0 Å². The van der Waals surface area contributed by atoms with Crippen molar-refractivity contribution in [1.82, 2.24) is 0 Å². The van der Waals surface area contributed by atoms with E-state index in [1.54, 1.807) is 0 Å². The number of carbonyl (C=O) groups excluding carboxylic acids is 2. The summed E-state index contributed by atoms with van der Waals surface area (Å²) in [5.41, 5.74) is 0. The summed E-state index contributed by atoms with van der Waals surface area (Å²) < 4.78 is 54.1. The van der Waals surface area contributed by atoms with Gasteiger partial charge in [-0.2, -0.15) is 8.42 Å². The van der Waals surface area contributed by atoms with E-state index >= 15 is 0 Å².